The van der Waals surface area contributed by atoms with E-state index in [1.165, 1.54) is 6.08 Å². The molecule has 25 heavy (non-hydrogen) atoms. The number of nitrogens with zero attached hydrogens (tertiary/aromatic N) is 1. The number of rotatable bonds is 5. The highest BCUT2D eigenvalue weighted by atomic mass is 127. The Hall–Kier alpha value is -1.76. The molecule has 1 aliphatic rings. The molecule has 1 heterocycles. The summed E-state index contributed by atoms with van der Waals surface area (Å²) in [6, 6.07) is 1.88. The quantitative estimate of drug-likeness (QED) is 0.284. The molecule has 0 fully saturated rings. The molecule has 0 spiro atoms. The van der Waals surface area contributed by atoms with E-state index in [1.807, 2.05) is 22.6 Å². The fraction of sp³-hybridized carbons (Fsp3) is 0.353. The maximum atomic E-state index is 14.4. The van der Waals surface area contributed by atoms with Gasteiger partial charge < -0.3 is 9.64 Å². The van der Waals surface area contributed by atoms with Crippen molar-refractivity contribution in [2.24, 2.45) is 0 Å². The molecule has 0 saturated heterocycles. The zero-order valence-electron chi connectivity index (χ0n) is 13.2. The van der Waals surface area contributed by atoms with E-state index in [1.54, 1.807) is 6.92 Å². The maximum Gasteiger partial charge on any atom is 0.256 e. The summed E-state index contributed by atoms with van der Waals surface area (Å²) in [5.74, 6) is 2.50. The smallest absolute Gasteiger partial charge is 0.256 e. The monoisotopic (exact) mass is 467 g/mol. The van der Waals surface area contributed by atoms with Gasteiger partial charge in [0.05, 0.1) is 21.7 Å². The van der Waals surface area contributed by atoms with E-state index in [0.29, 0.717) is 0 Å². The summed E-state index contributed by atoms with van der Waals surface area (Å²) in [5, 5.41) is 0. The average Bonchev–Trinajstić information content (AvgIpc) is 2.53. The Morgan fingerprint density at radius 3 is 2.56 bits per heavy atom. The van der Waals surface area contributed by atoms with Crippen LogP contribution in [0.2, 0.25) is 0 Å². The Bertz CT molecular complexity index is 732. The van der Waals surface area contributed by atoms with Gasteiger partial charge in [-0.25, -0.2) is 17.6 Å². The summed E-state index contributed by atoms with van der Waals surface area (Å²) < 4.78 is 59.0. The summed E-state index contributed by atoms with van der Waals surface area (Å²) in [7, 11) is 0. The van der Waals surface area contributed by atoms with Crippen LogP contribution in [-0.4, -0.2) is 34.3 Å². The van der Waals surface area contributed by atoms with Gasteiger partial charge in [-0.15, -0.1) is 5.92 Å². The van der Waals surface area contributed by atoms with Crippen LogP contribution in [0.3, 0.4) is 0 Å². The standard InChI is InChI=1S/C17H14F4INO2/c1-2-3-6-25-10-7-11(18)16(12(19)8-10)14-5-4-13(22)17(24)23(14)9-15(20)21/h5,7-8,13,15H,4,6,9H2,1H3. The van der Waals surface area contributed by atoms with Crippen molar-refractivity contribution in [2.45, 2.75) is 23.7 Å². The first-order valence-electron chi connectivity index (χ1n) is 7.30. The minimum atomic E-state index is -2.82. The molecule has 1 unspecified atom stereocenters. The number of halogens is 5. The zero-order chi connectivity index (χ0) is 18.6. The first-order chi connectivity index (χ1) is 11.8. The van der Waals surface area contributed by atoms with Gasteiger partial charge in [0.15, 0.2) is 0 Å². The third kappa shape index (κ3) is 4.66. The number of allylic oxidation sites excluding steroid dienone is 1. The number of carbonyl (C=O) groups is 1. The second kappa shape index (κ2) is 8.56. The first kappa shape index (κ1) is 19.6. The molecule has 134 valence electrons. The Morgan fingerprint density at radius 2 is 2.00 bits per heavy atom. The van der Waals surface area contributed by atoms with Crippen molar-refractivity contribution in [2.75, 3.05) is 13.2 Å². The zero-order valence-corrected chi connectivity index (χ0v) is 15.3. The van der Waals surface area contributed by atoms with Crippen LogP contribution in [0.4, 0.5) is 17.6 Å². The molecule has 8 heteroatoms. The summed E-state index contributed by atoms with van der Waals surface area (Å²) in [5.41, 5.74) is -0.709. The normalized spacial score (nSPS) is 17.2. The van der Waals surface area contributed by atoms with Crippen LogP contribution in [0.1, 0.15) is 18.9 Å². The van der Waals surface area contributed by atoms with Gasteiger partial charge in [-0.05, 0) is 13.3 Å². The van der Waals surface area contributed by atoms with Crippen LogP contribution in [0.25, 0.3) is 5.70 Å². The second-order valence-corrected chi connectivity index (χ2v) is 6.61. The summed E-state index contributed by atoms with van der Waals surface area (Å²) >= 11 is 1.81. The molecule has 1 aromatic carbocycles. The molecule has 1 aliphatic heterocycles. The van der Waals surface area contributed by atoms with Crippen LogP contribution >= 0.6 is 22.6 Å². The van der Waals surface area contributed by atoms with Gasteiger partial charge >= 0.3 is 0 Å². The van der Waals surface area contributed by atoms with Crippen LogP contribution < -0.4 is 4.74 Å². The molecular weight excluding hydrogens is 453 g/mol. The van der Waals surface area contributed by atoms with E-state index in [-0.39, 0.29) is 24.5 Å². The van der Waals surface area contributed by atoms with Crippen molar-refractivity contribution in [3.8, 4) is 17.6 Å². The SMILES string of the molecule is CC#CCOc1cc(F)c(C2=CCC(I)C(=O)N2CC(F)F)c(F)c1. The predicted molar refractivity (Wildman–Crippen MR) is 93.4 cm³/mol. The van der Waals surface area contributed by atoms with Gasteiger partial charge in [0.25, 0.3) is 6.43 Å². The molecular formula is C17H14F4INO2. The Morgan fingerprint density at radius 1 is 1.36 bits per heavy atom. The third-order valence-electron chi connectivity index (χ3n) is 3.42. The van der Waals surface area contributed by atoms with Gasteiger partial charge in [0.1, 0.15) is 24.0 Å². The molecule has 1 aromatic rings. The number of amides is 1. The molecule has 2 rings (SSSR count). The molecule has 0 N–H and O–H groups in total. The predicted octanol–water partition coefficient (Wildman–Crippen LogP) is 4.01. The lowest BCUT2D eigenvalue weighted by molar-refractivity contribution is -0.128. The van der Waals surface area contributed by atoms with Crippen molar-refractivity contribution in [3.63, 3.8) is 0 Å². The van der Waals surface area contributed by atoms with Gasteiger partial charge in [-0.2, -0.15) is 0 Å². The largest absolute Gasteiger partial charge is 0.481 e. The van der Waals surface area contributed by atoms with Crippen molar-refractivity contribution < 1.29 is 27.1 Å². The summed E-state index contributed by atoms with van der Waals surface area (Å²) in [6.45, 7) is 0.634. The highest BCUT2D eigenvalue weighted by Crippen LogP contribution is 2.34. The molecule has 0 aromatic heterocycles. The molecule has 0 aliphatic carbocycles. The molecule has 1 atom stereocenters. The minimum absolute atomic E-state index is 0.0378. The van der Waals surface area contributed by atoms with Crippen molar-refractivity contribution >= 4 is 34.2 Å². The Kier molecular flexibility index (Phi) is 6.70. The van der Waals surface area contributed by atoms with E-state index in [0.717, 1.165) is 17.0 Å². The van der Waals surface area contributed by atoms with Crippen molar-refractivity contribution in [1.29, 1.82) is 0 Å². The van der Waals surface area contributed by atoms with E-state index in [4.69, 9.17) is 4.74 Å². The molecule has 0 radical (unpaired) electrons. The molecule has 0 bridgehead atoms. The number of hydrogen-bond donors (Lipinski definition) is 0. The Balaban J connectivity index is 2.40. The average molecular weight is 467 g/mol. The number of benzene rings is 1. The van der Waals surface area contributed by atoms with E-state index in [2.05, 4.69) is 11.8 Å². The fourth-order valence-corrected chi connectivity index (χ4v) is 2.94. The van der Waals surface area contributed by atoms with E-state index in [9.17, 15) is 22.4 Å². The number of hydrogen-bond acceptors (Lipinski definition) is 2. The van der Waals surface area contributed by atoms with Crippen molar-refractivity contribution in [1.82, 2.24) is 4.90 Å². The van der Waals surface area contributed by atoms with Gasteiger partial charge in [-0.3, -0.25) is 4.79 Å². The molecule has 0 saturated carbocycles. The highest BCUT2D eigenvalue weighted by molar-refractivity contribution is 14.1. The fourth-order valence-electron chi connectivity index (χ4n) is 2.35. The third-order valence-corrected chi connectivity index (χ3v) is 4.46. The summed E-state index contributed by atoms with van der Waals surface area (Å²) in [4.78, 5) is 12.9. The number of ether oxygens (including phenoxy) is 1. The van der Waals surface area contributed by atoms with Gasteiger partial charge in [0.2, 0.25) is 5.91 Å². The first-order valence-corrected chi connectivity index (χ1v) is 8.55. The van der Waals surface area contributed by atoms with Gasteiger partial charge in [0, 0.05) is 12.1 Å². The number of carbonyl (C=O) groups excluding carboxylic acids is 1. The minimum Gasteiger partial charge on any atom is -0.481 e. The summed E-state index contributed by atoms with van der Waals surface area (Å²) in [6.07, 6.45) is -1.22. The maximum absolute atomic E-state index is 14.4. The van der Waals surface area contributed by atoms with Crippen LogP contribution in [-0.2, 0) is 4.79 Å². The van der Waals surface area contributed by atoms with Crippen LogP contribution in [0, 0.1) is 23.5 Å². The lowest BCUT2D eigenvalue weighted by Gasteiger charge is -2.31. The van der Waals surface area contributed by atoms with Crippen LogP contribution in [0.5, 0.6) is 5.75 Å². The lowest BCUT2D eigenvalue weighted by atomic mass is 10.0. The van der Waals surface area contributed by atoms with E-state index < -0.39 is 40.0 Å². The van der Waals surface area contributed by atoms with Crippen LogP contribution in [0.15, 0.2) is 18.2 Å². The Labute approximate surface area is 156 Å². The molecule has 1 amide bonds. The van der Waals surface area contributed by atoms with E-state index >= 15 is 0 Å². The van der Waals surface area contributed by atoms with Crippen molar-refractivity contribution in [3.05, 3.63) is 35.4 Å². The van der Waals surface area contributed by atoms with Gasteiger partial charge in [-0.1, -0.05) is 34.6 Å². The number of alkyl halides is 3. The molecule has 3 nitrogen and oxygen atoms in total. The second-order valence-electron chi connectivity index (χ2n) is 5.11. The highest BCUT2D eigenvalue weighted by Gasteiger charge is 2.33. The lowest BCUT2D eigenvalue weighted by Crippen LogP contribution is -2.41. The topological polar surface area (TPSA) is 29.5 Å².